The van der Waals surface area contributed by atoms with E-state index in [2.05, 4.69) is 20.6 Å². The normalized spacial score (nSPS) is 17.5. The van der Waals surface area contributed by atoms with Gasteiger partial charge in [0.15, 0.2) is 0 Å². The van der Waals surface area contributed by atoms with Gasteiger partial charge >= 0.3 is 5.97 Å². The van der Waals surface area contributed by atoms with Gasteiger partial charge in [0.25, 0.3) is 0 Å². The van der Waals surface area contributed by atoms with Gasteiger partial charge in [-0.1, -0.05) is 42.5 Å². The Balaban J connectivity index is 1.47. The molecule has 2 atom stereocenters. The van der Waals surface area contributed by atoms with Gasteiger partial charge in [-0.3, -0.25) is 4.79 Å². The van der Waals surface area contributed by atoms with Crippen molar-refractivity contribution in [3.63, 3.8) is 0 Å². The summed E-state index contributed by atoms with van der Waals surface area (Å²) in [6.45, 7) is 0.617. The lowest BCUT2D eigenvalue weighted by Crippen LogP contribution is -2.39. The van der Waals surface area contributed by atoms with Gasteiger partial charge in [0.2, 0.25) is 5.71 Å². The Labute approximate surface area is 216 Å². The summed E-state index contributed by atoms with van der Waals surface area (Å²) >= 11 is 0. The van der Waals surface area contributed by atoms with Crippen molar-refractivity contribution >= 4 is 22.9 Å². The van der Waals surface area contributed by atoms with Crippen molar-refractivity contribution in [2.75, 3.05) is 26.1 Å². The average molecular weight is 501 g/mol. The Morgan fingerprint density at radius 2 is 1.78 bits per heavy atom. The molecule has 1 saturated carbocycles. The minimum atomic E-state index is -0.193. The summed E-state index contributed by atoms with van der Waals surface area (Å²) in [4.78, 5) is 20.6. The topological polar surface area (TPSA) is 98.5 Å². The van der Waals surface area contributed by atoms with Crippen molar-refractivity contribution in [3.8, 4) is 28.2 Å². The SMILES string of the molecule is COC(=O)CCNC1CCCC(Nc2ncnc3oc(-c4ccccc4)c(-c4ccc(OC)cc4)c23)C1. The van der Waals surface area contributed by atoms with Crippen LogP contribution in [-0.2, 0) is 9.53 Å². The van der Waals surface area contributed by atoms with Gasteiger partial charge in [0.1, 0.15) is 23.7 Å². The van der Waals surface area contributed by atoms with Crippen molar-refractivity contribution in [1.29, 1.82) is 0 Å². The molecule has 1 aliphatic carbocycles. The highest BCUT2D eigenvalue weighted by Gasteiger charge is 2.26. The van der Waals surface area contributed by atoms with Gasteiger partial charge in [-0.25, -0.2) is 9.97 Å². The number of ether oxygens (including phenoxy) is 2. The number of hydrogen-bond donors (Lipinski definition) is 2. The van der Waals surface area contributed by atoms with Crippen molar-refractivity contribution in [2.45, 2.75) is 44.2 Å². The molecule has 2 aromatic heterocycles. The Bertz CT molecular complexity index is 1340. The number of furan rings is 1. The maximum atomic E-state index is 11.5. The number of fused-ring (bicyclic) bond motifs is 1. The van der Waals surface area contributed by atoms with Crippen LogP contribution in [0.15, 0.2) is 65.3 Å². The van der Waals surface area contributed by atoms with E-state index >= 15 is 0 Å². The van der Waals surface area contributed by atoms with E-state index < -0.39 is 0 Å². The van der Waals surface area contributed by atoms with E-state index in [1.165, 1.54) is 7.11 Å². The number of methoxy groups -OCH3 is 2. The molecule has 1 fully saturated rings. The summed E-state index contributed by atoms with van der Waals surface area (Å²) in [5.41, 5.74) is 3.48. The largest absolute Gasteiger partial charge is 0.497 e. The van der Waals surface area contributed by atoms with Crippen LogP contribution in [0.4, 0.5) is 5.82 Å². The molecule has 5 rings (SSSR count). The fourth-order valence-corrected chi connectivity index (χ4v) is 5.05. The first kappa shape index (κ1) is 24.8. The van der Waals surface area contributed by atoms with Crippen LogP contribution in [-0.4, -0.2) is 48.8 Å². The third kappa shape index (κ3) is 5.59. The average Bonchev–Trinajstić information content (AvgIpc) is 3.34. The number of anilines is 1. The van der Waals surface area contributed by atoms with E-state index in [0.29, 0.717) is 24.7 Å². The summed E-state index contributed by atoms with van der Waals surface area (Å²) in [6.07, 6.45) is 6.08. The number of carbonyl (C=O) groups excluding carboxylic acids is 1. The molecule has 2 aromatic carbocycles. The summed E-state index contributed by atoms with van der Waals surface area (Å²) < 4.78 is 16.5. The van der Waals surface area contributed by atoms with Gasteiger partial charge < -0.3 is 24.5 Å². The molecule has 1 aliphatic rings. The molecule has 0 bridgehead atoms. The second-order valence-corrected chi connectivity index (χ2v) is 9.29. The lowest BCUT2D eigenvalue weighted by Gasteiger charge is -2.31. The van der Waals surface area contributed by atoms with Gasteiger partial charge in [0, 0.05) is 29.8 Å². The molecule has 0 spiro atoms. The maximum absolute atomic E-state index is 11.5. The zero-order chi connectivity index (χ0) is 25.6. The first-order valence-electron chi connectivity index (χ1n) is 12.7. The molecule has 37 heavy (non-hydrogen) atoms. The molecule has 2 unspecified atom stereocenters. The van der Waals surface area contributed by atoms with Crippen LogP contribution in [0.2, 0.25) is 0 Å². The summed E-state index contributed by atoms with van der Waals surface area (Å²) in [6, 6.07) is 18.6. The van der Waals surface area contributed by atoms with Crippen molar-refractivity contribution in [3.05, 3.63) is 60.9 Å². The fraction of sp³-hybridized carbons (Fsp3) is 0.345. The number of nitrogens with one attached hydrogen (secondary N) is 2. The lowest BCUT2D eigenvalue weighted by atomic mass is 9.90. The predicted octanol–water partition coefficient (Wildman–Crippen LogP) is 5.44. The molecule has 0 amide bonds. The molecule has 2 N–H and O–H groups in total. The van der Waals surface area contributed by atoms with E-state index in [1.54, 1.807) is 13.4 Å². The smallest absolute Gasteiger partial charge is 0.306 e. The van der Waals surface area contributed by atoms with E-state index in [-0.39, 0.29) is 12.0 Å². The standard InChI is InChI=1S/C29H32N4O4/c1-35-23-13-11-19(12-14-23)25-26-28(31-18-32-29(26)37-27(25)20-7-4-3-5-8-20)33-22-10-6-9-21(17-22)30-16-15-24(34)36-2/h3-5,7-8,11-14,18,21-22,30H,6,9-10,15-17H2,1-2H3,(H,31,32,33). The van der Waals surface area contributed by atoms with Gasteiger partial charge in [0.05, 0.1) is 26.0 Å². The highest BCUT2D eigenvalue weighted by molar-refractivity contribution is 6.05. The molecule has 0 aliphatic heterocycles. The zero-order valence-electron chi connectivity index (χ0n) is 21.2. The van der Waals surface area contributed by atoms with E-state index in [9.17, 15) is 4.79 Å². The second kappa shape index (κ2) is 11.4. The molecule has 8 heteroatoms. The summed E-state index contributed by atoms with van der Waals surface area (Å²) in [5, 5.41) is 8.07. The number of carbonyl (C=O) groups is 1. The van der Waals surface area contributed by atoms with Crippen LogP contribution < -0.4 is 15.4 Å². The predicted molar refractivity (Wildman–Crippen MR) is 144 cm³/mol. The molecule has 0 radical (unpaired) electrons. The third-order valence-electron chi connectivity index (χ3n) is 6.91. The maximum Gasteiger partial charge on any atom is 0.306 e. The monoisotopic (exact) mass is 500 g/mol. The quantitative estimate of drug-likeness (QED) is 0.293. The Kier molecular flexibility index (Phi) is 7.65. The van der Waals surface area contributed by atoms with Crippen LogP contribution in [0, 0.1) is 0 Å². The van der Waals surface area contributed by atoms with Crippen LogP contribution >= 0.6 is 0 Å². The molecule has 4 aromatic rings. The van der Waals surface area contributed by atoms with E-state index in [1.807, 2.05) is 54.6 Å². The highest BCUT2D eigenvalue weighted by atomic mass is 16.5. The minimum Gasteiger partial charge on any atom is -0.497 e. The Hall–Kier alpha value is -3.91. The third-order valence-corrected chi connectivity index (χ3v) is 6.91. The molecule has 2 heterocycles. The van der Waals surface area contributed by atoms with Crippen molar-refractivity contribution < 1.29 is 18.7 Å². The number of aromatic nitrogens is 2. The molecule has 8 nitrogen and oxygen atoms in total. The fourth-order valence-electron chi connectivity index (χ4n) is 5.05. The van der Waals surface area contributed by atoms with Gasteiger partial charge in [-0.15, -0.1) is 0 Å². The summed E-state index contributed by atoms with van der Waals surface area (Å²) in [7, 11) is 3.08. The van der Waals surface area contributed by atoms with Crippen molar-refractivity contribution in [1.82, 2.24) is 15.3 Å². The first-order valence-corrected chi connectivity index (χ1v) is 12.7. The molecular formula is C29H32N4O4. The Morgan fingerprint density at radius 3 is 2.54 bits per heavy atom. The number of nitrogens with zero attached hydrogens (tertiary/aromatic N) is 2. The highest BCUT2D eigenvalue weighted by Crippen LogP contribution is 2.43. The van der Waals surface area contributed by atoms with Crippen LogP contribution in [0.25, 0.3) is 33.6 Å². The Morgan fingerprint density at radius 1 is 1.00 bits per heavy atom. The van der Waals surface area contributed by atoms with Gasteiger partial charge in [-0.05, 0) is 43.4 Å². The molecular weight excluding hydrogens is 468 g/mol. The van der Waals surface area contributed by atoms with Crippen LogP contribution in [0.1, 0.15) is 32.1 Å². The van der Waals surface area contributed by atoms with Crippen LogP contribution in [0.5, 0.6) is 5.75 Å². The second-order valence-electron chi connectivity index (χ2n) is 9.29. The lowest BCUT2D eigenvalue weighted by molar-refractivity contribution is -0.140. The first-order chi connectivity index (χ1) is 18.2. The minimum absolute atomic E-state index is 0.193. The molecule has 192 valence electrons. The number of esters is 1. The summed E-state index contributed by atoms with van der Waals surface area (Å²) in [5.74, 6) is 2.12. The van der Waals surface area contributed by atoms with Crippen molar-refractivity contribution in [2.24, 2.45) is 0 Å². The molecule has 0 saturated heterocycles. The zero-order valence-corrected chi connectivity index (χ0v) is 21.2. The van der Waals surface area contributed by atoms with E-state index in [0.717, 1.165) is 65.1 Å². The number of rotatable bonds is 9. The van der Waals surface area contributed by atoms with E-state index in [4.69, 9.17) is 13.9 Å². The number of hydrogen-bond acceptors (Lipinski definition) is 8. The van der Waals surface area contributed by atoms with Gasteiger partial charge in [-0.2, -0.15) is 0 Å². The van der Waals surface area contributed by atoms with Crippen LogP contribution in [0.3, 0.4) is 0 Å². The number of benzene rings is 2.